The molecule has 0 bridgehead atoms. The highest BCUT2D eigenvalue weighted by Gasteiger charge is 2.13. The average molecular weight is 399 g/mol. The number of nitrogens with zero attached hydrogens (tertiary/aromatic N) is 1. The Bertz CT molecular complexity index is 719. The fourth-order valence-electron chi connectivity index (χ4n) is 1.96. The highest BCUT2D eigenvalue weighted by atomic mass is 35.5. The molecule has 1 aromatic heterocycles. The molecule has 0 aliphatic heterocycles. The first kappa shape index (κ1) is 19.6. The number of hydrogen-bond donors (Lipinski definition) is 1. The molecule has 25 heavy (non-hydrogen) atoms. The molecule has 0 aliphatic rings. The highest BCUT2D eigenvalue weighted by molar-refractivity contribution is 7.99. The lowest BCUT2D eigenvalue weighted by molar-refractivity contribution is -0.131. The number of hydrogen-bond acceptors (Lipinski definition) is 5. The number of amides is 2. The lowest BCUT2D eigenvalue weighted by Crippen LogP contribution is -2.35. The van der Waals surface area contributed by atoms with Gasteiger partial charge in [0.1, 0.15) is 5.75 Å². The molecule has 0 saturated carbocycles. The molecule has 1 heterocycles. The van der Waals surface area contributed by atoms with E-state index in [4.69, 9.17) is 16.3 Å². The van der Waals surface area contributed by atoms with E-state index in [1.54, 1.807) is 38.4 Å². The second-order valence-corrected chi connectivity index (χ2v) is 8.01. The summed E-state index contributed by atoms with van der Waals surface area (Å²) in [5.41, 5.74) is 0.663. The summed E-state index contributed by atoms with van der Waals surface area (Å²) in [5.74, 6) is 1.44. The van der Waals surface area contributed by atoms with Crippen molar-refractivity contribution in [2.24, 2.45) is 0 Å². The van der Waals surface area contributed by atoms with Crippen LogP contribution in [-0.2, 0) is 15.3 Å². The van der Waals surface area contributed by atoms with Crippen LogP contribution in [0.2, 0.25) is 4.34 Å². The second kappa shape index (κ2) is 9.70. The maximum Gasteiger partial charge on any atom is 0.243 e. The van der Waals surface area contributed by atoms with Gasteiger partial charge in [0.2, 0.25) is 11.8 Å². The number of halogens is 1. The van der Waals surface area contributed by atoms with Gasteiger partial charge in [0.05, 0.1) is 23.7 Å². The Balaban J connectivity index is 1.72. The Kier molecular flexibility index (Phi) is 7.61. The molecule has 0 unspecified atom stereocenters. The molecule has 1 N–H and O–H groups in total. The Morgan fingerprint density at radius 1 is 1.24 bits per heavy atom. The van der Waals surface area contributed by atoms with Gasteiger partial charge < -0.3 is 15.0 Å². The zero-order chi connectivity index (χ0) is 18.2. The maximum absolute atomic E-state index is 12.1. The van der Waals surface area contributed by atoms with Crippen molar-refractivity contribution >= 4 is 52.2 Å². The van der Waals surface area contributed by atoms with Crippen molar-refractivity contribution in [1.29, 1.82) is 0 Å². The van der Waals surface area contributed by atoms with Gasteiger partial charge in [0.15, 0.2) is 0 Å². The van der Waals surface area contributed by atoms with Gasteiger partial charge in [-0.3, -0.25) is 9.59 Å². The van der Waals surface area contributed by atoms with Crippen molar-refractivity contribution in [3.05, 3.63) is 45.6 Å². The zero-order valence-electron chi connectivity index (χ0n) is 14.0. The van der Waals surface area contributed by atoms with Crippen LogP contribution in [0.4, 0.5) is 5.69 Å². The molecule has 0 saturated heterocycles. The molecular formula is C17H19ClN2O3S2. The van der Waals surface area contributed by atoms with Crippen LogP contribution in [0.15, 0.2) is 36.4 Å². The first-order valence-corrected chi connectivity index (χ1v) is 9.82. The Labute approximate surface area is 160 Å². The van der Waals surface area contributed by atoms with E-state index in [-0.39, 0.29) is 18.4 Å². The van der Waals surface area contributed by atoms with Gasteiger partial charge in [-0.15, -0.1) is 23.1 Å². The number of nitrogens with one attached hydrogen (secondary N) is 1. The number of thiophene rings is 1. The molecule has 2 aromatic rings. The van der Waals surface area contributed by atoms with Gasteiger partial charge in [-0.2, -0.15) is 0 Å². The lowest BCUT2D eigenvalue weighted by atomic mass is 10.3. The summed E-state index contributed by atoms with van der Waals surface area (Å²) in [7, 11) is 3.21. The highest BCUT2D eigenvalue weighted by Crippen LogP contribution is 2.25. The number of carbonyl (C=O) groups excluding carboxylic acids is 2. The third-order valence-electron chi connectivity index (χ3n) is 3.28. The molecule has 0 atom stereocenters. The fourth-order valence-corrected chi connectivity index (χ4v) is 4.12. The summed E-state index contributed by atoms with van der Waals surface area (Å²) in [5, 5.41) is 2.76. The molecule has 134 valence electrons. The van der Waals surface area contributed by atoms with Crippen molar-refractivity contribution in [1.82, 2.24) is 4.90 Å². The minimum absolute atomic E-state index is 0.0102. The number of thioether (sulfide) groups is 1. The van der Waals surface area contributed by atoms with E-state index < -0.39 is 0 Å². The SMILES string of the molecule is COc1ccc(NC(=O)CN(C)C(=O)CSCc2ccc(Cl)s2)cc1. The molecule has 0 aliphatic carbocycles. The number of carbonyl (C=O) groups is 2. The number of benzene rings is 1. The van der Waals surface area contributed by atoms with Gasteiger partial charge in [-0.25, -0.2) is 0 Å². The Morgan fingerprint density at radius 2 is 1.96 bits per heavy atom. The third-order valence-corrected chi connectivity index (χ3v) is 5.66. The van der Waals surface area contributed by atoms with E-state index in [9.17, 15) is 9.59 Å². The van der Waals surface area contributed by atoms with Crippen LogP contribution in [0.25, 0.3) is 0 Å². The van der Waals surface area contributed by atoms with Crippen molar-refractivity contribution < 1.29 is 14.3 Å². The molecule has 0 fully saturated rings. The first-order chi connectivity index (χ1) is 12.0. The number of rotatable bonds is 8. The van der Waals surface area contributed by atoms with E-state index in [1.165, 1.54) is 28.0 Å². The van der Waals surface area contributed by atoms with Crippen molar-refractivity contribution in [2.45, 2.75) is 5.75 Å². The van der Waals surface area contributed by atoms with E-state index in [0.717, 1.165) is 15.0 Å². The maximum atomic E-state index is 12.1. The van der Waals surface area contributed by atoms with E-state index in [0.29, 0.717) is 17.2 Å². The number of ether oxygens (including phenoxy) is 1. The van der Waals surface area contributed by atoms with Crippen LogP contribution in [0, 0.1) is 0 Å². The molecule has 8 heteroatoms. The molecule has 0 spiro atoms. The third kappa shape index (κ3) is 6.61. The van der Waals surface area contributed by atoms with Crippen molar-refractivity contribution in [2.75, 3.05) is 31.8 Å². The first-order valence-electron chi connectivity index (χ1n) is 7.47. The van der Waals surface area contributed by atoms with Crippen LogP contribution in [0.5, 0.6) is 5.75 Å². The normalized spacial score (nSPS) is 10.4. The summed E-state index contributed by atoms with van der Waals surface area (Å²) in [6.45, 7) is 0.0102. The molecular weight excluding hydrogens is 380 g/mol. The number of likely N-dealkylation sites (N-methyl/N-ethyl adjacent to an activating group) is 1. The van der Waals surface area contributed by atoms with Crippen LogP contribution >= 0.6 is 34.7 Å². The topological polar surface area (TPSA) is 58.6 Å². The van der Waals surface area contributed by atoms with Gasteiger partial charge in [-0.05, 0) is 36.4 Å². The monoisotopic (exact) mass is 398 g/mol. The molecule has 2 rings (SSSR count). The second-order valence-electron chi connectivity index (χ2n) is 5.23. The van der Waals surface area contributed by atoms with Gasteiger partial charge >= 0.3 is 0 Å². The summed E-state index contributed by atoms with van der Waals surface area (Å²) >= 11 is 8.89. The summed E-state index contributed by atoms with van der Waals surface area (Å²) in [4.78, 5) is 26.7. The smallest absolute Gasteiger partial charge is 0.243 e. The van der Waals surface area contributed by atoms with Gasteiger partial charge in [0.25, 0.3) is 0 Å². The van der Waals surface area contributed by atoms with E-state index in [1.807, 2.05) is 12.1 Å². The predicted octanol–water partition coefficient (Wildman–Crippen LogP) is 3.74. The lowest BCUT2D eigenvalue weighted by Gasteiger charge is -2.16. The van der Waals surface area contributed by atoms with Crippen LogP contribution < -0.4 is 10.1 Å². The molecule has 2 amide bonds. The Hall–Kier alpha value is -1.70. The quantitative estimate of drug-likeness (QED) is 0.735. The average Bonchev–Trinajstić information content (AvgIpc) is 3.00. The molecule has 1 aromatic carbocycles. The number of anilines is 1. The van der Waals surface area contributed by atoms with Crippen LogP contribution in [0.1, 0.15) is 4.88 Å². The van der Waals surface area contributed by atoms with Crippen molar-refractivity contribution in [3.63, 3.8) is 0 Å². The minimum atomic E-state index is -0.240. The van der Waals surface area contributed by atoms with E-state index >= 15 is 0 Å². The summed E-state index contributed by atoms with van der Waals surface area (Å²) in [6.07, 6.45) is 0. The molecule has 0 radical (unpaired) electrons. The van der Waals surface area contributed by atoms with Gasteiger partial charge in [-0.1, -0.05) is 11.6 Å². The van der Waals surface area contributed by atoms with Crippen LogP contribution in [-0.4, -0.2) is 43.2 Å². The minimum Gasteiger partial charge on any atom is -0.497 e. The van der Waals surface area contributed by atoms with Gasteiger partial charge in [0, 0.05) is 23.4 Å². The fraction of sp³-hybridized carbons (Fsp3) is 0.294. The largest absolute Gasteiger partial charge is 0.497 e. The van der Waals surface area contributed by atoms with Crippen LogP contribution in [0.3, 0.4) is 0 Å². The summed E-state index contributed by atoms with van der Waals surface area (Å²) in [6, 6.07) is 10.8. The Morgan fingerprint density at radius 3 is 2.56 bits per heavy atom. The van der Waals surface area contributed by atoms with Crippen molar-refractivity contribution in [3.8, 4) is 5.75 Å². The summed E-state index contributed by atoms with van der Waals surface area (Å²) < 4.78 is 5.81. The standard InChI is InChI=1S/C17H19ClN2O3S2/c1-20(17(22)11-24-10-14-7-8-15(18)25-14)9-16(21)19-12-3-5-13(23-2)6-4-12/h3-8H,9-11H2,1-2H3,(H,19,21). The number of methoxy groups -OCH3 is 1. The molecule has 5 nitrogen and oxygen atoms in total. The van der Waals surface area contributed by atoms with E-state index in [2.05, 4.69) is 5.32 Å². The zero-order valence-corrected chi connectivity index (χ0v) is 16.3. The predicted molar refractivity (Wildman–Crippen MR) is 105 cm³/mol.